The van der Waals surface area contributed by atoms with Crippen LogP contribution < -0.4 is 5.32 Å². The van der Waals surface area contributed by atoms with Crippen LogP contribution in [0.5, 0.6) is 0 Å². The first-order chi connectivity index (χ1) is 9.33. The summed E-state index contributed by atoms with van der Waals surface area (Å²) < 4.78 is 0. The third-order valence-electron chi connectivity index (χ3n) is 3.05. The van der Waals surface area contributed by atoms with Gasteiger partial charge < -0.3 is 10.4 Å². The molecule has 0 spiro atoms. The maximum absolute atomic E-state index is 10.9. The van der Waals surface area contributed by atoms with Crippen LogP contribution in [-0.4, -0.2) is 40.8 Å². The first kappa shape index (κ1) is 15.9. The van der Waals surface area contributed by atoms with E-state index < -0.39 is 0 Å². The Balaban J connectivity index is 0.000000861. The Bertz CT molecular complexity index is 395. The Labute approximate surface area is 118 Å². The molecule has 1 fully saturated rings. The normalized spacial score (nSPS) is 15.3. The van der Waals surface area contributed by atoms with Gasteiger partial charge in [0.2, 0.25) is 0 Å². The first-order valence-electron chi connectivity index (χ1n) is 6.41. The molecule has 0 bridgehead atoms. The zero-order valence-corrected chi connectivity index (χ0v) is 12.2. The predicted molar refractivity (Wildman–Crippen MR) is 77.8 cm³/mol. The summed E-state index contributed by atoms with van der Waals surface area (Å²) in [5.41, 5.74) is 0.549. The van der Waals surface area contributed by atoms with Gasteiger partial charge in [-0.25, -0.2) is 9.97 Å². The van der Waals surface area contributed by atoms with Crippen molar-refractivity contribution < 1.29 is 9.90 Å². The number of thioether (sulfide) groups is 1. The summed E-state index contributed by atoms with van der Waals surface area (Å²) in [4.78, 5) is 19.4. The van der Waals surface area contributed by atoms with Gasteiger partial charge in [-0.15, -0.1) is 0 Å². The molecule has 1 aromatic heterocycles. The van der Waals surface area contributed by atoms with E-state index in [1.54, 1.807) is 6.20 Å². The van der Waals surface area contributed by atoms with Crippen molar-refractivity contribution in [3.8, 4) is 0 Å². The van der Waals surface area contributed by atoms with Crippen LogP contribution in [0.25, 0.3) is 0 Å². The number of aldehydes is 1. The molecule has 1 aromatic rings. The lowest BCUT2D eigenvalue weighted by Gasteiger charge is -2.23. The fourth-order valence-electron chi connectivity index (χ4n) is 2.12. The van der Waals surface area contributed by atoms with E-state index in [1.165, 1.54) is 31.0 Å². The number of hydrogen-bond donors (Lipinski definition) is 2. The molecule has 0 amide bonds. The van der Waals surface area contributed by atoms with Gasteiger partial charge in [0, 0.05) is 19.3 Å². The zero-order valence-electron chi connectivity index (χ0n) is 11.4. The highest BCUT2D eigenvalue weighted by Gasteiger charge is 2.15. The summed E-state index contributed by atoms with van der Waals surface area (Å²) in [5, 5.41) is 11.1. The van der Waals surface area contributed by atoms with Crippen molar-refractivity contribution in [3.63, 3.8) is 0 Å². The first-order valence-corrected chi connectivity index (χ1v) is 7.63. The van der Waals surface area contributed by atoms with Gasteiger partial charge in [0.15, 0.2) is 11.4 Å². The molecule has 0 aliphatic heterocycles. The van der Waals surface area contributed by atoms with Crippen molar-refractivity contribution >= 4 is 23.9 Å². The van der Waals surface area contributed by atoms with Gasteiger partial charge in [-0.2, -0.15) is 0 Å². The Morgan fingerprint density at radius 2 is 2.05 bits per heavy atom. The number of hydrogen-bond acceptors (Lipinski definition) is 6. The average Bonchev–Trinajstić information content (AvgIpc) is 2.50. The molecular weight excluding hydrogens is 262 g/mol. The summed E-state index contributed by atoms with van der Waals surface area (Å²) in [6, 6.07) is 0.451. The van der Waals surface area contributed by atoms with E-state index in [9.17, 15) is 4.79 Å². The number of nitrogens with one attached hydrogen (secondary N) is 1. The Hall–Kier alpha value is -1.14. The van der Waals surface area contributed by atoms with Crippen LogP contribution in [0, 0.1) is 0 Å². The van der Waals surface area contributed by atoms with Gasteiger partial charge in [0.05, 0.1) is 5.56 Å². The number of carbonyl (C=O) groups is 1. The van der Waals surface area contributed by atoms with Crippen molar-refractivity contribution in [1.29, 1.82) is 0 Å². The van der Waals surface area contributed by atoms with Crippen LogP contribution >= 0.6 is 11.8 Å². The van der Waals surface area contributed by atoms with E-state index in [4.69, 9.17) is 5.11 Å². The van der Waals surface area contributed by atoms with E-state index in [0.29, 0.717) is 22.6 Å². The number of rotatable bonds is 4. The van der Waals surface area contributed by atoms with E-state index >= 15 is 0 Å². The van der Waals surface area contributed by atoms with Gasteiger partial charge in [0.1, 0.15) is 5.82 Å². The van der Waals surface area contributed by atoms with Crippen molar-refractivity contribution in [1.82, 2.24) is 9.97 Å². The molecule has 106 valence electrons. The number of aliphatic hydroxyl groups is 1. The highest BCUT2D eigenvalue weighted by atomic mass is 32.2. The summed E-state index contributed by atoms with van der Waals surface area (Å²) in [7, 11) is 1.00. The van der Waals surface area contributed by atoms with Gasteiger partial charge in [-0.05, 0) is 19.1 Å². The lowest BCUT2D eigenvalue weighted by atomic mass is 9.95. The summed E-state index contributed by atoms with van der Waals surface area (Å²) in [5.74, 6) is 0.686. The molecule has 1 heterocycles. The Morgan fingerprint density at radius 3 is 2.63 bits per heavy atom. The molecule has 0 aromatic carbocycles. The summed E-state index contributed by atoms with van der Waals surface area (Å²) in [6.45, 7) is 0. The largest absolute Gasteiger partial charge is 0.400 e. The molecule has 6 heteroatoms. The van der Waals surface area contributed by atoms with Crippen molar-refractivity contribution in [2.24, 2.45) is 0 Å². The molecule has 1 aliphatic rings. The predicted octanol–water partition coefficient (Wildman–Crippen LogP) is 2.36. The van der Waals surface area contributed by atoms with Crippen molar-refractivity contribution in [2.45, 2.75) is 43.3 Å². The van der Waals surface area contributed by atoms with Crippen LogP contribution in [0.2, 0.25) is 0 Å². The second kappa shape index (κ2) is 8.87. The van der Waals surface area contributed by atoms with Gasteiger partial charge >= 0.3 is 0 Å². The summed E-state index contributed by atoms with van der Waals surface area (Å²) >= 11 is 1.49. The minimum Gasteiger partial charge on any atom is -0.400 e. The van der Waals surface area contributed by atoms with Crippen LogP contribution in [0.3, 0.4) is 0 Å². The molecule has 5 nitrogen and oxygen atoms in total. The van der Waals surface area contributed by atoms with E-state index in [1.807, 2.05) is 6.26 Å². The third-order valence-corrected chi connectivity index (χ3v) is 3.61. The molecule has 2 N–H and O–H groups in total. The fraction of sp³-hybridized carbons (Fsp3) is 0.615. The summed E-state index contributed by atoms with van der Waals surface area (Å²) in [6.07, 6.45) is 10.5. The van der Waals surface area contributed by atoms with Crippen LogP contribution in [0.1, 0.15) is 42.5 Å². The molecule has 19 heavy (non-hydrogen) atoms. The minimum atomic E-state index is 0.451. The molecule has 1 saturated carbocycles. The average molecular weight is 283 g/mol. The van der Waals surface area contributed by atoms with Gasteiger partial charge in [-0.1, -0.05) is 31.0 Å². The Kier molecular flexibility index (Phi) is 7.43. The van der Waals surface area contributed by atoms with Gasteiger partial charge in [-0.3, -0.25) is 4.79 Å². The monoisotopic (exact) mass is 283 g/mol. The maximum atomic E-state index is 10.9. The van der Waals surface area contributed by atoms with Crippen molar-refractivity contribution in [3.05, 3.63) is 11.8 Å². The number of aliphatic hydroxyl groups excluding tert-OH is 1. The molecule has 0 saturated heterocycles. The van der Waals surface area contributed by atoms with Crippen LogP contribution in [0.4, 0.5) is 5.82 Å². The van der Waals surface area contributed by atoms with Crippen molar-refractivity contribution in [2.75, 3.05) is 18.7 Å². The van der Waals surface area contributed by atoms with Crippen LogP contribution in [-0.2, 0) is 0 Å². The number of carbonyl (C=O) groups excluding carboxylic acids is 1. The minimum absolute atomic E-state index is 0.451. The number of aromatic nitrogens is 2. The smallest absolute Gasteiger partial charge is 0.189 e. The molecule has 2 rings (SSSR count). The standard InChI is InChI=1S/C12H17N3OS.CH4O/c1-17-12-13-7-9(8-16)11(15-12)14-10-5-3-2-4-6-10;1-2/h7-8,10H,2-6H2,1H3,(H,13,14,15);2H,1H3. The van der Waals surface area contributed by atoms with E-state index in [0.717, 1.165) is 26.2 Å². The maximum Gasteiger partial charge on any atom is 0.189 e. The number of nitrogens with zero attached hydrogens (tertiary/aromatic N) is 2. The van der Waals surface area contributed by atoms with E-state index in [2.05, 4.69) is 15.3 Å². The van der Waals surface area contributed by atoms with Crippen LogP contribution in [0.15, 0.2) is 11.4 Å². The topological polar surface area (TPSA) is 75.1 Å². The second-order valence-electron chi connectivity index (χ2n) is 4.26. The fourth-order valence-corrected chi connectivity index (χ4v) is 2.46. The molecule has 0 unspecified atom stereocenters. The molecule has 0 atom stereocenters. The lowest BCUT2D eigenvalue weighted by molar-refractivity contribution is 0.112. The second-order valence-corrected chi connectivity index (χ2v) is 5.03. The highest BCUT2D eigenvalue weighted by Crippen LogP contribution is 2.23. The third kappa shape index (κ3) is 4.80. The molecular formula is C13H21N3O2S. The Morgan fingerprint density at radius 1 is 1.37 bits per heavy atom. The quantitative estimate of drug-likeness (QED) is 0.502. The number of anilines is 1. The van der Waals surface area contributed by atoms with E-state index in [-0.39, 0.29) is 0 Å². The SMILES string of the molecule is CO.CSc1ncc(C=O)c(NC2CCCCC2)n1. The highest BCUT2D eigenvalue weighted by molar-refractivity contribution is 7.98. The zero-order chi connectivity index (χ0) is 14.1. The molecule has 0 radical (unpaired) electrons. The lowest BCUT2D eigenvalue weighted by Crippen LogP contribution is -2.23. The molecule has 1 aliphatic carbocycles. The van der Waals surface area contributed by atoms with Gasteiger partial charge in [0.25, 0.3) is 0 Å².